The lowest BCUT2D eigenvalue weighted by molar-refractivity contribution is -0.131. The second kappa shape index (κ2) is 7.34. The fourth-order valence-corrected chi connectivity index (χ4v) is 0.593. The summed E-state index contributed by atoms with van der Waals surface area (Å²) in [5.74, 6) is 0. The van der Waals surface area contributed by atoms with Crippen LogP contribution in [0.3, 0.4) is 0 Å². The van der Waals surface area contributed by atoms with Crippen molar-refractivity contribution in [1.29, 1.82) is 0 Å². The highest BCUT2D eigenvalue weighted by Gasteiger charge is 1.83. The third kappa shape index (κ3) is 7.05. The molecule has 0 bridgehead atoms. The molecule has 0 radical (unpaired) electrons. The third-order valence-corrected chi connectivity index (χ3v) is 1.27. The van der Waals surface area contributed by atoms with Crippen molar-refractivity contribution in [2.75, 3.05) is 0 Å². The number of rotatable bonds is 3. The van der Waals surface area contributed by atoms with E-state index in [9.17, 15) is 4.79 Å². The summed E-state index contributed by atoms with van der Waals surface area (Å²) in [6.07, 6.45) is 2.83. The number of nitrogens with one attached hydrogen (secondary N) is 1. The SMILES string of the molecule is CC(C)OC=O.CCc1ccn[nH]1. The summed E-state index contributed by atoms with van der Waals surface area (Å²) in [6.45, 7) is 6.14. The fraction of sp³-hybridized carbons (Fsp3) is 0.556. The van der Waals surface area contributed by atoms with Crippen LogP contribution in [0.25, 0.3) is 0 Å². The number of H-pyrrole nitrogens is 1. The van der Waals surface area contributed by atoms with Crippen molar-refractivity contribution in [3.05, 3.63) is 18.0 Å². The van der Waals surface area contributed by atoms with Crippen molar-refractivity contribution in [3.8, 4) is 0 Å². The molecule has 0 spiro atoms. The van der Waals surface area contributed by atoms with Gasteiger partial charge in [0.1, 0.15) is 0 Å². The van der Waals surface area contributed by atoms with E-state index in [2.05, 4.69) is 21.9 Å². The minimum atomic E-state index is 0.0301. The van der Waals surface area contributed by atoms with Crippen molar-refractivity contribution in [2.24, 2.45) is 0 Å². The molecule has 1 aromatic rings. The van der Waals surface area contributed by atoms with Gasteiger partial charge in [-0.1, -0.05) is 6.92 Å². The summed E-state index contributed by atoms with van der Waals surface area (Å²) in [4.78, 5) is 9.39. The van der Waals surface area contributed by atoms with Gasteiger partial charge in [-0.3, -0.25) is 9.89 Å². The van der Waals surface area contributed by atoms with Gasteiger partial charge in [0, 0.05) is 11.9 Å². The molecule has 0 aliphatic heterocycles. The number of carbonyl (C=O) groups is 1. The van der Waals surface area contributed by atoms with E-state index in [4.69, 9.17) is 0 Å². The second-order valence-corrected chi connectivity index (χ2v) is 2.72. The zero-order valence-corrected chi connectivity index (χ0v) is 8.28. The maximum Gasteiger partial charge on any atom is 0.293 e. The highest BCUT2D eigenvalue weighted by Crippen LogP contribution is 1.88. The largest absolute Gasteiger partial charge is 0.465 e. The molecule has 0 atom stereocenters. The minimum Gasteiger partial charge on any atom is -0.465 e. The first-order chi connectivity index (χ1) is 6.20. The molecule has 74 valence electrons. The molecule has 0 amide bonds. The number of aromatic nitrogens is 2. The van der Waals surface area contributed by atoms with Crippen LogP contribution in [0, 0.1) is 0 Å². The van der Waals surface area contributed by atoms with Crippen molar-refractivity contribution in [3.63, 3.8) is 0 Å². The summed E-state index contributed by atoms with van der Waals surface area (Å²) >= 11 is 0. The molecule has 0 saturated carbocycles. The zero-order valence-electron chi connectivity index (χ0n) is 8.28. The Kier molecular flexibility index (Phi) is 6.59. The molecule has 0 fully saturated rings. The van der Waals surface area contributed by atoms with Gasteiger partial charge in [0.2, 0.25) is 0 Å². The first kappa shape index (κ1) is 11.7. The van der Waals surface area contributed by atoms with Crippen LogP contribution in [0.1, 0.15) is 26.5 Å². The van der Waals surface area contributed by atoms with Crippen LogP contribution in [0.5, 0.6) is 0 Å². The van der Waals surface area contributed by atoms with Gasteiger partial charge in [0.15, 0.2) is 0 Å². The Morgan fingerprint density at radius 3 is 2.54 bits per heavy atom. The van der Waals surface area contributed by atoms with E-state index in [1.54, 1.807) is 20.0 Å². The second-order valence-electron chi connectivity index (χ2n) is 2.72. The standard InChI is InChI=1S/C5H8N2.C4H8O2/c1-2-5-3-4-6-7-5;1-4(2)6-3-5/h3-4H,2H2,1H3,(H,6,7);3-4H,1-2H3. The predicted molar refractivity (Wildman–Crippen MR) is 50.3 cm³/mol. The topological polar surface area (TPSA) is 55.0 Å². The highest BCUT2D eigenvalue weighted by molar-refractivity contribution is 5.37. The van der Waals surface area contributed by atoms with Gasteiger partial charge < -0.3 is 4.74 Å². The van der Waals surface area contributed by atoms with Crippen LogP contribution < -0.4 is 0 Å². The van der Waals surface area contributed by atoms with Crippen LogP contribution in [-0.4, -0.2) is 22.8 Å². The molecule has 0 unspecified atom stereocenters. The van der Waals surface area contributed by atoms with Gasteiger partial charge in [-0.25, -0.2) is 0 Å². The monoisotopic (exact) mass is 184 g/mol. The maximum atomic E-state index is 9.39. The molecule has 1 rings (SSSR count). The summed E-state index contributed by atoms with van der Waals surface area (Å²) in [6, 6.07) is 1.97. The van der Waals surface area contributed by atoms with Gasteiger partial charge in [-0.05, 0) is 26.3 Å². The molecule has 0 aromatic carbocycles. The number of aryl methyl sites for hydroxylation is 1. The zero-order chi connectivity index (χ0) is 10.1. The lowest BCUT2D eigenvalue weighted by atomic mass is 10.4. The van der Waals surface area contributed by atoms with Crippen molar-refractivity contribution in [2.45, 2.75) is 33.3 Å². The number of nitrogens with zero attached hydrogens (tertiary/aromatic N) is 1. The Morgan fingerprint density at radius 1 is 1.69 bits per heavy atom. The first-order valence-electron chi connectivity index (χ1n) is 4.28. The van der Waals surface area contributed by atoms with Crippen molar-refractivity contribution in [1.82, 2.24) is 10.2 Å². The number of hydrogen-bond donors (Lipinski definition) is 1. The lowest BCUT2D eigenvalue weighted by Crippen LogP contribution is -1.98. The van der Waals surface area contributed by atoms with Crippen molar-refractivity contribution < 1.29 is 9.53 Å². The van der Waals surface area contributed by atoms with Gasteiger partial charge in [-0.2, -0.15) is 5.10 Å². The van der Waals surface area contributed by atoms with Gasteiger partial charge in [0.05, 0.1) is 6.10 Å². The van der Waals surface area contributed by atoms with Crippen LogP contribution in [0.2, 0.25) is 0 Å². The molecule has 1 N–H and O–H groups in total. The molecule has 0 aliphatic carbocycles. The van der Waals surface area contributed by atoms with Gasteiger partial charge >= 0.3 is 0 Å². The third-order valence-electron chi connectivity index (χ3n) is 1.27. The molecule has 0 aliphatic rings. The highest BCUT2D eigenvalue weighted by atomic mass is 16.5. The Bertz CT molecular complexity index is 207. The van der Waals surface area contributed by atoms with Crippen molar-refractivity contribution >= 4 is 6.47 Å². The van der Waals surface area contributed by atoms with E-state index in [0.717, 1.165) is 6.42 Å². The van der Waals surface area contributed by atoms with E-state index >= 15 is 0 Å². The lowest BCUT2D eigenvalue weighted by Gasteiger charge is -1.96. The molecule has 4 heteroatoms. The summed E-state index contributed by atoms with van der Waals surface area (Å²) < 4.78 is 4.36. The molecule has 0 saturated heterocycles. The Balaban J connectivity index is 0.000000226. The van der Waals surface area contributed by atoms with Gasteiger partial charge in [-0.15, -0.1) is 0 Å². The van der Waals surface area contributed by atoms with E-state index in [1.165, 1.54) is 5.69 Å². The quantitative estimate of drug-likeness (QED) is 0.725. The van der Waals surface area contributed by atoms with E-state index in [-0.39, 0.29) is 6.10 Å². The van der Waals surface area contributed by atoms with Crippen LogP contribution >= 0.6 is 0 Å². The van der Waals surface area contributed by atoms with Crippen LogP contribution in [0.4, 0.5) is 0 Å². The molecule has 13 heavy (non-hydrogen) atoms. The van der Waals surface area contributed by atoms with Gasteiger partial charge in [0.25, 0.3) is 6.47 Å². The normalized spacial score (nSPS) is 8.92. The van der Waals surface area contributed by atoms with Crippen LogP contribution in [-0.2, 0) is 16.0 Å². The Labute approximate surface area is 78.3 Å². The average Bonchev–Trinajstić information content (AvgIpc) is 2.56. The molecular weight excluding hydrogens is 168 g/mol. The smallest absolute Gasteiger partial charge is 0.293 e. The maximum absolute atomic E-state index is 9.39. The molecule has 1 heterocycles. The number of ether oxygens (including phenoxy) is 1. The molecular formula is C9H16N2O2. The van der Waals surface area contributed by atoms with E-state index in [1.807, 2.05) is 6.07 Å². The Morgan fingerprint density at radius 2 is 2.38 bits per heavy atom. The minimum absolute atomic E-state index is 0.0301. The van der Waals surface area contributed by atoms with Crippen LogP contribution in [0.15, 0.2) is 12.3 Å². The molecule has 1 aromatic heterocycles. The summed E-state index contributed by atoms with van der Waals surface area (Å²) in [5.41, 5.74) is 1.19. The van der Waals surface area contributed by atoms with E-state index in [0.29, 0.717) is 6.47 Å². The summed E-state index contributed by atoms with van der Waals surface area (Å²) in [5, 5.41) is 6.60. The number of aromatic amines is 1. The van der Waals surface area contributed by atoms with E-state index < -0.39 is 0 Å². The number of hydrogen-bond acceptors (Lipinski definition) is 3. The average molecular weight is 184 g/mol. The Hall–Kier alpha value is -1.32. The first-order valence-corrected chi connectivity index (χ1v) is 4.28. The fourth-order valence-electron chi connectivity index (χ4n) is 0.593. The number of carbonyl (C=O) groups excluding carboxylic acids is 1. The summed E-state index contributed by atoms with van der Waals surface area (Å²) in [7, 11) is 0. The molecule has 4 nitrogen and oxygen atoms in total. The predicted octanol–water partition coefficient (Wildman–Crippen LogP) is 1.54.